The highest BCUT2D eigenvalue weighted by molar-refractivity contribution is 7.89. The van der Waals surface area contributed by atoms with Gasteiger partial charge in [-0.2, -0.15) is 0 Å². The molecule has 176 valence electrons. The van der Waals surface area contributed by atoms with Crippen LogP contribution in [0.25, 0.3) is 0 Å². The number of rotatable bonds is 9. The molecule has 2 aromatic rings. The summed E-state index contributed by atoms with van der Waals surface area (Å²) in [4.78, 5) is 13.7. The second kappa shape index (κ2) is 11.5. The summed E-state index contributed by atoms with van der Waals surface area (Å²) in [6, 6.07) is 12.0. The average Bonchev–Trinajstić information content (AvgIpc) is 3.28. The third kappa shape index (κ3) is 6.35. The van der Waals surface area contributed by atoms with E-state index in [0.717, 1.165) is 37.2 Å². The Morgan fingerprint density at radius 2 is 1.72 bits per heavy atom. The van der Waals surface area contributed by atoms with Gasteiger partial charge in [-0.25, -0.2) is 13.1 Å². The van der Waals surface area contributed by atoms with Crippen molar-refractivity contribution in [2.45, 2.75) is 30.7 Å². The van der Waals surface area contributed by atoms with Crippen molar-refractivity contribution in [1.29, 1.82) is 0 Å². The molecular weight excluding hydrogens is 454 g/mol. The number of hydrogen-bond acceptors (Lipinski definition) is 6. The van der Waals surface area contributed by atoms with Crippen molar-refractivity contribution < 1.29 is 35.1 Å². The Hall–Kier alpha value is -2.33. The molecule has 1 aliphatic heterocycles. The zero-order chi connectivity index (χ0) is 22.4. The van der Waals surface area contributed by atoms with E-state index in [9.17, 15) is 13.2 Å². The quantitative estimate of drug-likeness (QED) is 0.513. The van der Waals surface area contributed by atoms with Crippen LogP contribution >= 0.6 is 0 Å². The first-order chi connectivity index (χ1) is 14.8. The molecule has 1 amide bonds. The van der Waals surface area contributed by atoms with Gasteiger partial charge in [0.2, 0.25) is 15.9 Å². The molecule has 1 aliphatic rings. The Bertz CT molecular complexity index is 1010. The zero-order valence-electron chi connectivity index (χ0n) is 18.4. The predicted molar refractivity (Wildman–Crippen MR) is 119 cm³/mol. The smallest absolute Gasteiger partial charge is 0.240 e. The van der Waals surface area contributed by atoms with E-state index in [1.54, 1.807) is 7.11 Å². The van der Waals surface area contributed by atoms with Gasteiger partial charge in [0.25, 0.3) is 0 Å². The monoisotopic (exact) mass is 482 g/mol. The van der Waals surface area contributed by atoms with Crippen molar-refractivity contribution in [2.24, 2.45) is 0 Å². The number of nitrogens with one attached hydrogen (secondary N) is 2. The Balaban J connectivity index is 0.00000363. The van der Waals surface area contributed by atoms with Crippen LogP contribution in [-0.2, 0) is 14.8 Å². The molecule has 0 bridgehead atoms. The van der Waals surface area contributed by atoms with Crippen LogP contribution in [0, 0.1) is 0 Å². The maximum Gasteiger partial charge on any atom is 0.240 e. The van der Waals surface area contributed by atoms with Crippen LogP contribution in [0.1, 0.15) is 31.4 Å². The first-order valence-electron chi connectivity index (χ1n) is 10.2. The van der Waals surface area contributed by atoms with Gasteiger partial charge < -0.3 is 27.2 Å². The zero-order valence-corrected chi connectivity index (χ0v) is 20.0. The van der Waals surface area contributed by atoms with E-state index in [-0.39, 0.29) is 41.5 Å². The lowest BCUT2D eigenvalue weighted by Gasteiger charge is -2.28. The number of carbonyl (C=O) groups is 1. The molecule has 3 rings (SSSR count). The second-order valence-electron chi connectivity index (χ2n) is 7.43. The lowest BCUT2D eigenvalue weighted by Crippen LogP contribution is -3.00. The van der Waals surface area contributed by atoms with Gasteiger partial charge in [-0.05, 0) is 55.8 Å². The molecule has 8 nitrogen and oxygen atoms in total. The second-order valence-corrected chi connectivity index (χ2v) is 9.19. The van der Waals surface area contributed by atoms with E-state index in [0.29, 0.717) is 5.69 Å². The highest BCUT2D eigenvalue weighted by atomic mass is 35.5. The summed E-state index contributed by atoms with van der Waals surface area (Å²) in [5.74, 6) is 0.778. The van der Waals surface area contributed by atoms with Crippen LogP contribution in [0.2, 0.25) is 0 Å². The van der Waals surface area contributed by atoms with E-state index >= 15 is 0 Å². The van der Waals surface area contributed by atoms with Crippen LogP contribution in [0.4, 0.5) is 5.69 Å². The summed E-state index contributed by atoms with van der Waals surface area (Å²) in [5, 5.41) is 2.63. The molecule has 10 heteroatoms. The first kappa shape index (κ1) is 25.9. The van der Waals surface area contributed by atoms with Gasteiger partial charge in [-0.3, -0.25) is 9.69 Å². The number of nitrogens with zero attached hydrogens (tertiary/aromatic N) is 1. The van der Waals surface area contributed by atoms with Gasteiger partial charge in [-0.1, -0.05) is 12.1 Å². The van der Waals surface area contributed by atoms with Crippen molar-refractivity contribution in [3.05, 3.63) is 48.0 Å². The highest BCUT2D eigenvalue weighted by Gasteiger charge is 2.26. The number of sulfonamides is 1. The number of ether oxygens (including phenoxy) is 2. The maximum absolute atomic E-state index is 13.0. The van der Waals surface area contributed by atoms with Gasteiger partial charge in [0, 0.05) is 25.6 Å². The van der Waals surface area contributed by atoms with E-state index in [1.165, 1.54) is 32.2 Å². The Labute approximate surface area is 195 Å². The number of benzene rings is 2. The van der Waals surface area contributed by atoms with Crippen molar-refractivity contribution in [2.75, 3.05) is 39.2 Å². The fourth-order valence-corrected chi connectivity index (χ4v) is 4.79. The molecule has 0 radical (unpaired) electrons. The van der Waals surface area contributed by atoms with Crippen molar-refractivity contribution in [1.82, 2.24) is 9.62 Å². The minimum atomic E-state index is -3.78. The van der Waals surface area contributed by atoms with Crippen LogP contribution in [0.15, 0.2) is 47.4 Å². The van der Waals surface area contributed by atoms with Crippen LogP contribution < -0.4 is 31.9 Å². The van der Waals surface area contributed by atoms with E-state index in [2.05, 4.69) is 14.9 Å². The Kier molecular flexibility index (Phi) is 9.33. The molecule has 2 aromatic carbocycles. The van der Waals surface area contributed by atoms with Crippen molar-refractivity contribution in [3.63, 3.8) is 0 Å². The maximum atomic E-state index is 13.0. The summed E-state index contributed by atoms with van der Waals surface area (Å²) in [6.07, 6.45) is 2.20. The summed E-state index contributed by atoms with van der Waals surface area (Å²) >= 11 is 0. The Morgan fingerprint density at radius 1 is 1.06 bits per heavy atom. The molecule has 1 atom stereocenters. The summed E-state index contributed by atoms with van der Waals surface area (Å²) < 4.78 is 39.2. The molecule has 0 saturated carbocycles. The van der Waals surface area contributed by atoms with Gasteiger partial charge in [0.15, 0.2) is 0 Å². The third-order valence-electron chi connectivity index (χ3n) is 5.34. The SMILES string of the molecule is COc1ccc(C(CNS(=O)(=O)c2ccc(NC(C)=O)c(OC)c2)N2CCCC2)cc1.[Cl-]. The minimum absolute atomic E-state index is 0. The van der Waals surface area contributed by atoms with Crippen LogP contribution in [-0.4, -0.2) is 53.1 Å². The molecule has 0 aliphatic carbocycles. The van der Waals surface area contributed by atoms with Crippen LogP contribution in [0.3, 0.4) is 0 Å². The first-order valence-corrected chi connectivity index (χ1v) is 11.7. The third-order valence-corrected chi connectivity index (χ3v) is 6.76. The fraction of sp³-hybridized carbons (Fsp3) is 0.409. The van der Waals surface area contributed by atoms with Crippen molar-refractivity contribution >= 4 is 21.6 Å². The van der Waals surface area contributed by atoms with Crippen LogP contribution in [0.5, 0.6) is 11.5 Å². The minimum Gasteiger partial charge on any atom is -1.00 e. The number of halogens is 1. The molecule has 2 N–H and O–H groups in total. The fourth-order valence-electron chi connectivity index (χ4n) is 3.74. The molecule has 0 aromatic heterocycles. The highest BCUT2D eigenvalue weighted by Crippen LogP contribution is 2.29. The number of carbonyl (C=O) groups excluding carboxylic acids is 1. The molecule has 1 unspecified atom stereocenters. The van der Waals surface area contributed by atoms with Gasteiger partial charge in [0.1, 0.15) is 11.5 Å². The largest absolute Gasteiger partial charge is 1.00 e. The normalized spacial score (nSPS) is 15.0. The number of amides is 1. The summed E-state index contributed by atoms with van der Waals surface area (Å²) in [5.41, 5.74) is 1.45. The number of anilines is 1. The van der Waals surface area contributed by atoms with Crippen molar-refractivity contribution in [3.8, 4) is 11.5 Å². The Morgan fingerprint density at radius 3 is 2.28 bits per heavy atom. The lowest BCUT2D eigenvalue weighted by molar-refractivity contribution is -0.114. The van der Waals surface area contributed by atoms with E-state index < -0.39 is 10.0 Å². The standard InChI is InChI=1S/C22H29N3O5S.ClH/c1-16(26)24-20-11-10-19(14-22(20)30-3)31(27,28)23-15-21(25-12-4-5-13-25)17-6-8-18(29-2)9-7-17;/h6-11,14,21,23H,4-5,12-13,15H2,1-3H3,(H,24,26);1H/p-1. The average molecular weight is 483 g/mol. The number of methoxy groups -OCH3 is 2. The predicted octanol–water partition coefficient (Wildman–Crippen LogP) is -0.218. The molecule has 1 heterocycles. The molecule has 0 spiro atoms. The topological polar surface area (TPSA) is 97.0 Å². The van der Waals surface area contributed by atoms with E-state index in [4.69, 9.17) is 9.47 Å². The van der Waals surface area contributed by atoms with Gasteiger partial charge in [0.05, 0.1) is 24.8 Å². The lowest BCUT2D eigenvalue weighted by atomic mass is 10.1. The number of hydrogen-bond donors (Lipinski definition) is 2. The van der Waals surface area contributed by atoms with E-state index in [1.807, 2.05) is 24.3 Å². The molecule has 32 heavy (non-hydrogen) atoms. The van der Waals surface area contributed by atoms with Gasteiger partial charge >= 0.3 is 0 Å². The molecule has 1 fully saturated rings. The molecular formula is C22H29ClN3O5S-. The van der Waals surface area contributed by atoms with Gasteiger partial charge in [-0.15, -0.1) is 0 Å². The summed E-state index contributed by atoms with van der Waals surface area (Å²) in [6.45, 7) is 3.48. The molecule has 1 saturated heterocycles. The number of likely N-dealkylation sites (tertiary alicyclic amines) is 1. The summed E-state index contributed by atoms with van der Waals surface area (Å²) in [7, 11) is -0.732.